The zero-order chi connectivity index (χ0) is 20.1. The van der Waals surface area contributed by atoms with Crippen LogP contribution >= 0.6 is 11.3 Å². The quantitative estimate of drug-likeness (QED) is 0.655. The number of nitrogens with one attached hydrogen (secondary N) is 2. The number of hydrogen-bond acceptors (Lipinski definition) is 5. The van der Waals surface area contributed by atoms with Crippen molar-refractivity contribution in [2.45, 2.75) is 20.3 Å². The third kappa shape index (κ3) is 4.95. The highest BCUT2D eigenvalue weighted by Gasteiger charge is 2.12. The number of hydrogen-bond donors (Lipinski definition) is 2. The highest BCUT2D eigenvalue weighted by atomic mass is 32.1. The summed E-state index contributed by atoms with van der Waals surface area (Å²) in [6, 6.07) is 12.6. The number of anilines is 2. The molecule has 2 aromatic carbocycles. The molecular weight excluding hydrogens is 374 g/mol. The molecule has 0 bridgehead atoms. The Kier molecular flexibility index (Phi) is 6.06. The van der Waals surface area contributed by atoms with E-state index < -0.39 is 0 Å². The minimum atomic E-state index is -0.261. The van der Waals surface area contributed by atoms with E-state index in [0.717, 1.165) is 11.3 Å². The van der Waals surface area contributed by atoms with Crippen LogP contribution < -0.4 is 15.4 Å². The van der Waals surface area contributed by atoms with Gasteiger partial charge in [0.15, 0.2) is 5.13 Å². The first-order chi connectivity index (χ1) is 13.4. The molecule has 0 aliphatic heterocycles. The summed E-state index contributed by atoms with van der Waals surface area (Å²) in [7, 11) is 1.57. The van der Waals surface area contributed by atoms with Gasteiger partial charge in [-0.05, 0) is 61.4 Å². The van der Waals surface area contributed by atoms with Crippen LogP contribution in [-0.2, 0) is 11.2 Å². The Morgan fingerprint density at radius 1 is 1.04 bits per heavy atom. The van der Waals surface area contributed by atoms with E-state index in [1.807, 2.05) is 32.0 Å². The number of nitrogens with zero attached hydrogens (tertiary/aromatic N) is 1. The Morgan fingerprint density at radius 2 is 1.79 bits per heavy atom. The highest BCUT2D eigenvalue weighted by molar-refractivity contribution is 7.14. The van der Waals surface area contributed by atoms with Crippen LogP contribution in [0, 0.1) is 13.8 Å². The SMILES string of the molecule is COc1ccc(C(=O)Nc2nc(CC(=O)Nc3ccc(C)c(C)c3)cs2)cc1. The first-order valence-corrected chi connectivity index (χ1v) is 9.59. The fourth-order valence-corrected chi connectivity index (χ4v) is 3.25. The second-order valence-corrected chi connectivity index (χ2v) is 7.21. The van der Waals surface area contributed by atoms with Crippen molar-refractivity contribution < 1.29 is 14.3 Å². The molecule has 2 N–H and O–H groups in total. The molecule has 0 aliphatic rings. The number of thiazole rings is 1. The lowest BCUT2D eigenvalue weighted by molar-refractivity contribution is -0.115. The Labute approximate surface area is 167 Å². The van der Waals surface area contributed by atoms with Crippen LogP contribution in [0.15, 0.2) is 47.8 Å². The summed E-state index contributed by atoms with van der Waals surface area (Å²) in [5.74, 6) is 0.271. The lowest BCUT2D eigenvalue weighted by atomic mass is 10.1. The molecule has 144 valence electrons. The lowest BCUT2D eigenvalue weighted by Gasteiger charge is -2.07. The van der Waals surface area contributed by atoms with Crippen molar-refractivity contribution in [2.24, 2.45) is 0 Å². The Hall–Kier alpha value is -3.19. The van der Waals surface area contributed by atoms with E-state index in [1.165, 1.54) is 16.9 Å². The molecule has 0 unspecified atom stereocenters. The minimum absolute atomic E-state index is 0.141. The second-order valence-electron chi connectivity index (χ2n) is 6.35. The molecule has 2 amide bonds. The number of amides is 2. The molecule has 0 atom stereocenters. The zero-order valence-corrected chi connectivity index (χ0v) is 16.7. The van der Waals surface area contributed by atoms with Gasteiger partial charge in [0.05, 0.1) is 19.2 Å². The van der Waals surface area contributed by atoms with E-state index in [0.29, 0.717) is 22.1 Å². The Bertz CT molecular complexity index is 996. The van der Waals surface area contributed by atoms with Gasteiger partial charge in [-0.25, -0.2) is 4.98 Å². The minimum Gasteiger partial charge on any atom is -0.497 e. The predicted octanol–water partition coefficient (Wildman–Crippen LogP) is 4.20. The smallest absolute Gasteiger partial charge is 0.257 e. The van der Waals surface area contributed by atoms with Crippen molar-refractivity contribution in [1.82, 2.24) is 4.98 Å². The molecule has 1 aromatic heterocycles. The zero-order valence-electron chi connectivity index (χ0n) is 15.9. The van der Waals surface area contributed by atoms with Gasteiger partial charge in [-0.3, -0.25) is 14.9 Å². The van der Waals surface area contributed by atoms with E-state index in [-0.39, 0.29) is 18.2 Å². The molecule has 0 aliphatic carbocycles. The van der Waals surface area contributed by atoms with Gasteiger partial charge < -0.3 is 10.1 Å². The Balaban J connectivity index is 1.57. The van der Waals surface area contributed by atoms with Gasteiger partial charge >= 0.3 is 0 Å². The fourth-order valence-electron chi connectivity index (χ4n) is 2.55. The van der Waals surface area contributed by atoms with Crippen molar-refractivity contribution in [2.75, 3.05) is 17.7 Å². The van der Waals surface area contributed by atoms with E-state index in [4.69, 9.17) is 4.74 Å². The third-order valence-electron chi connectivity index (χ3n) is 4.26. The molecule has 28 heavy (non-hydrogen) atoms. The fraction of sp³-hybridized carbons (Fsp3) is 0.190. The molecular formula is C21H21N3O3S. The van der Waals surface area contributed by atoms with Crippen LogP contribution in [0.25, 0.3) is 0 Å². The molecule has 0 spiro atoms. The van der Waals surface area contributed by atoms with Gasteiger partial charge in [-0.15, -0.1) is 11.3 Å². The molecule has 0 radical (unpaired) electrons. The first kappa shape index (κ1) is 19.6. The van der Waals surface area contributed by atoms with Gasteiger partial charge in [0.25, 0.3) is 5.91 Å². The monoisotopic (exact) mass is 395 g/mol. The molecule has 6 nitrogen and oxygen atoms in total. The molecule has 1 heterocycles. The van der Waals surface area contributed by atoms with Crippen molar-refractivity contribution in [1.29, 1.82) is 0 Å². The standard InChI is InChI=1S/C21H21N3O3S/c1-13-4-7-16(10-14(13)2)22-19(25)11-17-12-28-21(23-17)24-20(26)15-5-8-18(27-3)9-6-15/h4-10,12H,11H2,1-3H3,(H,22,25)(H,23,24,26). The number of carbonyl (C=O) groups excluding carboxylic acids is 2. The van der Waals surface area contributed by atoms with Crippen LogP contribution in [0.1, 0.15) is 27.2 Å². The van der Waals surface area contributed by atoms with Crippen LogP contribution in [0.4, 0.5) is 10.8 Å². The van der Waals surface area contributed by atoms with Crippen molar-refractivity contribution >= 4 is 34.0 Å². The first-order valence-electron chi connectivity index (χ1n) is 8.71. The second kappa shape index (κ2) is 8.67. The number of aromatic nitrogens is 1. The Morgan fingerprint density at radius 3 is 2.46 bits per heavy atom. The van der Waals surface area contributed by atoms with E-state index >= 15 is 0 Å². The summed E-state index contributed by atoms with van der Waals surface area (Å²) < 4.78 is 5.08. The van der Waals surface area contributed by atoms with Crippen molar-refractivity contribution in [3.05, 3.63) is 70.2 Å². The molecule has 7 heteroatoms. The van der Waals surface area contributed by atoms with Crippen LogP contribution in [0.3, 0.4) is 0 Å². The van der Waals surface area contributed by atoms with Crippen LogP contribution in [-0.4, -0.2) is 23.9 Å². The summed E-state index contributed by atoms with van der Waals surface area (Å²) in [5.41, 5.74) is 4.17. The van der Waals surface area contributed by atoms with Gasteiger partial charge in [-0.2, -0.15) is 0 Å². The summed E-state index contributed by atoms with van der Waals surface area (Å²) in [4.78, 5) is 28.9. The maximum absolute atomic E-state index is 12.3. The molecule has 0 saturated heterocycles. The average molecular weight is 395 g/mol. The number of benzene rings is 2. The summed E-state index contributed by atoms with van der Waals surface area (Å²) in [5, 5.41) is 7.84. The largest absolute Gasteiger partial charge is 0.497 e. The number of methoxy groups -OCH3 is 1. The average Bonchev–Trinajstić information content (AvgIpc) is 3.11. The van der Waals surface area contributed by atoms with E-state index in [1.54, 1.807) is 36.8 Å². The number of aryl methyl sites for hydroxylation is 2. The maximum atomic E-state index is 12.3. The number of ether oxygens (including phenoxy) is 1. The topological polar surface area (TPSA) is 80.3 Å². The molecule has 0 fully saturated rings. The van der Waals surface area contributed by atoms with Crippen LogP contribution in [0.2, 0.25) is 0 Å². The van der Waals surface area contributed by atoms with E-state index in [9.17, 15) is 9.59 Å². The maximum Gasteiger partial charge on any atom is 0.257 e. The van der Waals surface area contributed by atoms with Crippen molar-refractivity contribution in [3.63, 3.8) is 0 Å². The van der Waals surface area contributed by atoms with Gasteiger partial charge in [0, 0.05) is 16.6 Å². The molecule has 3 rings (SSSR count). The van der Waals surface area contributed by atoms with Crippen molar-refractivity contribution in [3.8, 4) is 5.75 Å². The summed E-state index contributed by atoms with van der Waals surface area (Å²) in [6.07, 6.45) is 0.141. The lowest BCUT2D eigenvalue weighted by Crippen LogP contribution is -2.15. The molecule has 0 saturated carbocycles. The normalized spacial score (nSPS) is 10.4. The highest BCUT2D eigenvalue weighted by Crippen LogP contribution is 2.19. The molecule has 3 aromatic rings. The van der Waals surface area contributed by atoms with Gasteiger partial charge in [0.2, 0.25) is 5.91 Å². The van der Waals surface area contributed by atoms with Gasteiger partial charge in [0.1, 0.15) is 5.75 Å². The van der Waals surface area contributed by atoms with Gasteiger partial charge in [-0.1, -0.05) is 6.07 Å². The third-order valence-corrected chi connectivity index (χ3v) is 5.06. The number of carbonyl (C=O) groups is 2. The number of rotatable bonds is 6. The summed E-state index contributed by atoms with van der Waals surface area (Å²) >= 11 is 1.29. The summed E-state index contributed by atoms with van der Waals surface area (Å²) in [6.45, 7) is 4.03. The predicted molar refractivity (Wildman–Crippen MR) is 111 cm³/mol. The van der Waals surface area contributed by atoms with Crippen LogP contribution in [0.5, 0.6) is 5.75 Å². The van der Waals surface area contributed by atoms with E-state index in [2.05, 4.69) is 15.6 Å².